The fraction of sp³-hybridized carbons (Fsp3) is 0.0556. The average molecular weight is 398 g/mol. The second-order valence-electron chi connectivity index (χ2n) is 5.58. The molecule has 0 fully saturated rings. The maximum atomic E-state index is 13.1. The summed E-state index contributed by atoms with van der Waals surface area (Å²) in [5.41, 5.74) is 1.31. The number of aromatic nitrogens is 3. The van der Waals surface area contributed by atoms with Gasteiger partial charge in [-0.15, -0.1) is 11.3 Å². The van der Waals surface area contributed by atoms with Crippen molar-refractivity contribution >= 4 is 27.0 Å². The van der Waals surface area contributed by atoms with Gasteiger partial charge in [-0.25, -0.2) is 8.42 Å². The van der Waals surface area contributed by atoms with Gasteiger partial charge >= 0.3 is 0 Å². The molecule has 0 bridgehead atoms. The largest absolute Gasteiger partial charge is 0.333 e. The second-order valence-corrected chi connectivity index (χ2v) is 8.43. The van der Waals surface area contributed by atoms with Gasteiger partial charge in [0.05, 0.1) is 5.69 Å². The molecule has 0 spiro atoms. The molecule has 3 aromatic heterocycles. The number of thiophene rings is 1. The Morgan fingerprint density at radius 3 is 2.52 bits per heavy atom. The number of nitrogens with zero attached hydrogens (tertiary/aromatic N) is 4. The van der Waals surface area contributed by atoms with Crippen LogP contribution < -0.4 is 4.31 Å². The molecule has 136 valence electrons. The summed E-state index contributed by atoms with van der Waals surface area (Å²) in [5, 5.41) is 5.64. The topological polar surface area (TPSA) is 89.2 Å². The van der Waals surface area contributed by atoms with E-state index >= 15 is 0 Å². The van der Waals surface area contributed by atoms with Gasteiger partial charge in [-0.2, -0.15) is 4.98 Å². The van der Waals surface area contributed by atoms with Crippen LogP contribution in [-0.2, 0) is 10.0 Å². The Hall–Kier alpha value is -3.04. The molecule has 27 heavy (non-hydrogen) atoms. The van der Waals surface area contributed by atoms with E-state index in [4.69, 9.17) is 4.52 Å². The zero-order valence-electron chi connectivity index (χ0n) is 14.2. The lowest BCUT2D eigenvalue weighted by Gasteiger charge is -2.19. The summed E-state index contributed by atoms with van der Waals surface area (Å²) in [4.78, 5) is 8.84. The summed E-state index contributed by atoms with van der Waals surface area (Å²) in [7, 11) is -2.26. The third-order valence-corrected chi connectivity index (χ3v) is 6.81. The highest BCUT2D eigenvalue weighted by Crippen LogP contribution is 2.35. The number of benzene rings is 1. The van der Waals surface area contributed by atoms with Crippen LogP contribution in [0, 0.1) is 0 Å². The highest BCUT2D eigenvalue weighted by molar-refractivity contribution is 7.93. The Morgan fingerprint density at radius 1 is 1.04 bits per heavy atom. The van der Waals surface area contributed by atoms with Crippen molar-refractivity contribution in [1.82, 2.24) is 15.1 Å². The summed E-state index contributed by atoms with van der Waals surface area (Å²) in [6, 6.07) is 13.9. The quantitative estimate of drug-likeness (QED) is 0.509. The minimum atomic E-state index is -3.78. The Morgan fingerprint density at radius 2 is 1.78 bits per heavy atom. The van der Waals surface area contributed by atoms with Gasteiger partial charge in [0.1, 0.15) is 9.77 Å². The van der Waals surface area contributed by atoms with E-state index in [9.17, 15) is 8.42 Å². The average Bonchev–Trinajstić information content (AvgIpc) is 3.38. The third-order valence-electron chi connectivity index (χ3n) is 3.95. The van der Waals surface area contributed by atoms with E-state index in [1.165, 1.54) is 22.7 Å². The molecule has 0 radical (unpaired) electrons. The molecule has 0 N–H and O–H groups in total. The highest BCUT2D eigenvalue weighted by Gasteiger charge is 2.28. The number of rotatable bonds is 5. The van der Waals surface area contributed by atoms with Crippen molar-refractivity contribution in [3.63, 3.8) is 0 Å². The molecule has 3 heterocycles. The van der Waals surface area contributed by atoms with Crippen molar-refractivity contribution in [2.45, 2.75) is 4.90 Å². The monoisotopic (exact) mass is 398 g/mol. The van der Waals surface area contributed by atoms with Crippen LogP contribution >= 0.6 is 11.3 Å². The fourth-order valence-electron chi connectivity index (χ4n) is 2.51. The minimum Gasteiger partial charge on any atom is -0.333 e. The van der Waals surface area contributed by atoms with Crippen LogP contribution in [0.25, 0.3) is 22.2 Å². The van der Waals surface area contributed by atoms with E-state index < -0.39 is 10.0 Å². The van der Waals surface area contributed by atoms with E-state index in [0.29, 0.717) is 16.4 Å². The molecule has 0 unspecified atom stereocenters. The molecule has 0 saturated heterocycles. The smallest absolute Gasteiger partial charge is 0.269 e. The maximum Gasteiger partial charge on any atom is 0.269 e. The number of hydrogen-bond donors (Lipinski definition) is 0. The van der Waals surface area contributed by atoms with Gasteiger partial charge < -0.3 is 4.52 Å². The van der Waals surface area contributed by atoms with Crippen molar-refractivity contribution in [3.05, 3.63) is 66.3 Å². The number of pyridine rings is 1. The lowest BCUT2D eigenvalue weighted by atomic mass is 10.2. The van der Waals surface area contributed by atoms with Crippen molar-refractivity contribution < 1.29 is 12.9 Å². The van der Waals surface area contributed by atoms with Gasteiger partial charge in [0, 0.05) is 25.0 Å². The van der Waals surface area contributed by atoms with Crippen LogP contribution in [0.15, 0.2) is 75.7 Å². The van der Waals surface area contributed by atoms with Crippen molar-refractivity contribution in [2.24, 2.45) is 0 Å². The summed E-state index contributed by atoms with van der Waals surface area (Å²) in [6.07, 6.45) is 3.25. The van der Waals surface area contributed by atoms with E-state index in [0.717, 1.165) is 5.56 Å². The summed E-state index contributed by atoms with van der Waals surface area (Å²) >= 11 is 1.24. The zero-order valence-corrected chi connectivity index (χ0v) is 15.8. The molecular weight excluding hydrogens is 384 g/mol. The second kappa shape index (κ2) is 6.93. The van der Waals surface area contributed by atoms with Crippen LogP contribution in [0.5, 0.6) is 0 Å². The fourth-order valence-corrected chi connectivity index (χ4v) is 5.03. The summed E-state index contributed by atoms with van der Waals surface area (Å²) < 4.78 is 32.8. The Balaban J connectivity index is 1.72. The molecular formula is C18H14N4O3S2. The van der Waals surface area contributed by atoms with Crippen LogP contribution in [0.3, 0.4) is 0 Å². The maximum absolute atomic E-state index is 13.1. The summed E-state index contributed by atoms with van der Waals surface area (Å²) in [6.45, 7) is 0. The molecule has 0 aliphatic rings. The minimum absolute atomic E-state index is 0.129. The van der Waals surface area contributed by atoms with Gasteiger partial charge in [0.15, 0.2) is 0 Å². The van der Waals surface area contributed by atoms with Gasteiger partial charge in [-0.3, -0.25) is 9.29 Å². The number of anilines is 1. The van der Waals surface area contributed by atoms with E-state index in [-0.39, 0.29) is 10.8 Å². The van der Waals surface area contributed by atoms with Crippen LogP contribution in [-0.4, -0.2) is 30.6 Å². The van der Waals surface area contributed by atoms with E-state index in [1.807, 2.05) is 6.07 Å². The summed E-state index contributed by atoms with van der Waals surface area (Å²) in [5.74, 6) is 0.539. The predicted molar refractivity (Wildman–Crippen MR) is 103 cm³/mol. The molecule has 4 rings (SSSR count). The first-order chi connectivity index (χ1) is 13.1. The number of hydrogen-bond acceptors (Lipinski definition) is 7. The first kappa shape index (κ1) is 17.4. The van der Waals surface area contributed by atoms with E-state index in [2.05, 4.69) is 15.1 Å². The van der Waals surface area contributed by atoms with Crippen LogP contribution in [0.2, 0.25) is 0 Å². The van der Waals surface area contributed by atoms with Gasteiger partial charge in [0.2, 0.25) is 5.82 Å². The number of para-hydroxylation sites is 1. The number of sulfonamides is 1. The normalized spacial score (nSPS) is 11.4. The zero-order chi connectivity index (χ0) is 18.9. The Kier molecular flexibility index (Phi) is 4.46. The highest BCUT2D eigenvalue weighted by atomic mass is 32.2. The lowest BCUT2D eigenvalue weighted by molar-refractivity contribution is 0.432. The molecule has 0 saturated carbocycles. The first-order valence-electron chi connectivity index (χ1n) is 7.93. The molecule has 1 aromatic carbocycles. The van der Waals surface area contributed by atoms with Crippen molar-refractivity contribution in [1.29, 1.82) is 0 Å². The molecule has 0 atom stereocenters. The molecule has 0 amide bonds. The van der Waals surface area contributed by atoms with Crippen LogP contribution in [0.4, 0.5) is 5.69 Å². The van der Waals surface area contributed by atoms with Crippen molar-refractivity contribution in [3.8, 4) is 22.2 Å². The predicted octanol–water partition coefficient (Wildman–Crippen LogP) is 3.69. The molecule has 9 heteroatoms. The Bertz CT molecular complexity index is 1160. The van der Waals surface area contributed by atoms with E-state index in [1.54, 1.807) is 60.2 Å². The van der Waals surface area contributed by atoms with Crippen molar-refractivity contribution in [2.75, 3.05) is 11.4 Å². The SMILES string of the molecule is CN(c1ccccc1)S(=O)(=O)c1ccsc1-c1nc(-c2ccncc2)no1. The van der Waals surface area contributed by atoms with Gasteiger partial charge in [0.25, 0.3) is 15.9 Å². The molecule has 7 nitrogen and oxygen atoms in total. The molecule has 4 aromatic rings. The molecule has 0 aliphatic heterocycles. The third kappa shape index (κ3) is 3.22. The molecule has 0 aliphatic carbocycles. The van der Waals surface area contributed by atoms with Crippen LogP contribution in [0.1, 0.15) is 0 Å². The Labute approximate surface area is 160 Å². The van der Waals surface area contributed by atoms with Gasteiger partial charge in [-0.05, 0) is 35.7 Å². The van der Waals surface area contributed by atoms with Gasteiger partial charge in [-0.1, -0.05) is 23.4 Å². The standard InChI is InChI=1S/C18H14N4O3S2/c1-22(14-5-3-2-4-6-14)27(23,24)15-9-12-26-16(15)18-20-17(21-25-18)13-7-10-19-11-8-13/h2-12H,1H3. The first-order valence-corrected chi connectivity index (χ1v) is 10.3. The lowest BCUT2D eigenvalue weighted by Crippen LogP contribution is -2.26.